The standard InChI is InChI=1S/C60H82N6O10S2Si2/c1-67-45-15-17-53-51(37-45)47(19-25-61-53)57(55-35-41-21-27-65(55)39-43(41)23-31-77-29-11-33-79(69-3,70-4)71-5)75-59-49-13-9-10-14-50(49)60(64-63-59)76-58(48-20-26-62-54-18-16-46(68-2)38-52(48)54)56-36-42-22-28-66(56)40-44(42)24-32-78-30-12-34-80(72-6,73-7)74-8/h9-10,13-20,25-26,37-38,41-44,55-58H,11-12,21-24,27-36,39-40H2,1-8H3/t41-,42-,43-,44-,55+,56+,57+,58+/m0/s1. The molecule has 0 radical (unpaired) electrons. The van der Waals surface area contributed by atoms with Crippen LogP contribution in [0.25, 0.3) is 32.6 Å². The van der Waals surface area contributed by atoms with E-state index in [0.29, 0.717) is 35.4 Å². The van der Waals surface area contributed by atoms with Gasteiger partial charge in [0.1, 0.15) is 23.7 Å². The lowest BCUT2D eigenvalue weighted by atomic mass is 9.72. The number of hydrogen-bond acceptors (Lipinski definition) is 18. The Morgan fingerprint density at radius 1 is 0.525 bits per heavy atom. The largest absolute Gasteiger partial charge is 0.500 e. The van der Waals surface area contributed by atoms with Gasteiger partial charge in [-0.15, -0.1) is 10.2 Å². The molecule has 6 aliphatic heterocycles. The number of benzene rings is 3. The van der Waals surface area contributed by atoms with E-state index in [9.17, 15) is 0 Å². The minimum Gasteiger partial charge on any atom is -0.497 e. The number of nitrogens with zero attached hydrogens (tertiary/aromatic N) is 6. The molecule has 4 bridgehead atoms. The first-order valence-electron chi connectivity index (χ1n) is 28.6. The van der Waals surface area contributed by atoms with E-state index in [1.165, 1.54) is 25.7 Å². The SMILES string of the molecule is COc1ccc2nccc([C@@H](Oc3nnc(O[C@H](c4ccnc5ccc(OC)cc45)[C@H]4C[C@@H]5CCN4C[C@@H]5CCSCCC[Si](OC)(OC)OC)c4ccccc34)[C@H]3C[C@@H]4CCN3C[C@@H]4CCSCCC[Si](OC)(OC)OC)c2c1. The van der Waals surface area contributed by atoms with Crippen molar-refractivity contribution in [1.29, 1.82) is 0 Å². The summed E-state index contributed by atoms with van der Waals surface area (Å²) in [6.45, 7) is 4.12. The van der Waals surface area contributed by atoms with Gasteiger partial charge in [0.15, 0.2) is 0 Å². The Morgan fingerprint density at radius 3 is 1.32 bits per heavy atom. The zero-order valence-electron chi connectivity index (χ0n) is 48.0. The van der Waals surface area contributed by atoms with Gasteiger partial charge in [-0.25, -0.2) is 0 Å². The molecule has 2 unspecified atom stereocenters. The van der Waals surface area contributed by atoms with E-state index in [2.05, 4.69) is 58.3 Å². The number of piperidine rings is 6. The molecule has 12 rings (SSSR count). The van der Waals surface area contributed by atoms with Gasteiger partial charge >= 0.3 is 17.6 Å². The zero-order valence-corrected chi connectivity index (χ0v) is 51.6. The van der Waals surface area contributed by atoms with Crippen LogP contribution >= 0.6 is 23.5 Å². The summed E-state index contributed by atoms with van der Waals surface area (Å²) < 4.78 is 60.6. The molecule has 0 aliphatic carbocycles. The lowest BCUT2D eigenvalue weighted by molar-refractivity contribution is -0.0502. The van der Waals surface area contributed by atoms with Crippen LogP contribution in [0.5, 0.6) is 23.3 Å². The number of hydrogen-bond donors (Lipinski definition) is 0. The lowest BCUT2D eigenvalue weighted by Crippen LogP contribution is -2.56. The van der Waals surface area contributed by atoms with E-state index in [1.807, 2.05) is 60.2 Å². The van der Waals surface area contributed by atoms with Crippen LogP contribution in [-0.2, 0) is 26.6 Å². The minimum atomic E-state index is -2.56. The summed E-state index contributed by atoms with van der Waals surface area (Å²) in [4.78, 5) is 15.0. The third-order valence-corrected chi connectivity index (χ3v) is 25.8. The summed E-state index contributed by atoms with van der Waals surface area (Å²) in [7, 11) is 8.45. The first-order valence-corrected chi connectivity index (χ1v) is 34.7. The van der Waals surface area contributed by atoms with E-state index >= 15 is 0 Å². The van der Waals surface area contributed by atoms with E-state index in [-0.39, 0.29) is 24.3 Å². The van der Waals surface area contributed by atoms with Crippen molar-refractivity contribution in [3.8, 4) is 23.3 Å². The Morgan fingerprint density at radius 2 is 0.950 bits per heavy atom. The molecule has 0 N–H and O–H groups in total. The summed E-state index contributed by atoms with van der Waals surface area (Å²) in [5.74, 6) is 9.30. The van der Waals surface area contributed by atoms with Crippen LogP contribution < -0.4 is 18.9 Å². The van der Waals surface area contributed by atoms with Gasteiger partial charge in [0.2, 0.25) is 11.8 Å². The monoisotopic (exact) mass is 1170 g/mol. The van der Waals surface area contributed by atoms with Gasteiger partial charge in [-0.05, 0) is 172 Å². The topological polar surface area (TPSA) is 150 Å². The highest BCUT2D eigenvalue weighted by Gasteiger charge is 2.47. The first-order chi connectivity index (χ1) is 39.2. The molecule has 20 heteroatoms. The van der Waals surface area contributed by atoms with Gasteiger partial charge in [0.25, 0.3) is 0 Å². The highest BCUT2D eigenvalue weighted by molar-refractivity contribution is 7.99. The number of thioether (sulfide) groups is 2. The van der Waals surface area contributed by atoms with Crippen molar-refractivity contribution in [2.24, 2.45) is 23.7 Å². The molecule has 6 fully saturated rings. The molecule has 432 valence electrons. The van der Waals surface area contributed by atoms with Gasteiger partial charge < -0.3 is 45.5 Å². The number of methoxy groups -OCH3 is 2. The van der Waals surface area contributed by atoms with E-state index in [1.54, 1.807) is 56.9 Å². The van der Waals surface area contributed by atoms with Crippen molar-refractivity contribution in [3.05, 3.63) is 96.3 Å². The average Bonchev–Trinajstić information content (AvgIpc) is 3.64. The molecule has 6 aliphatic rings. The molecule has 16 nitrogen and oxygen atoms in total. The molecule has 9 heterocycles. The second-order valence-electron chi connectivity index (χ2n) is 21.8. The summed E-state index contributed by atoms with van der Waals surface area (Å²) in [6.07, 6.45) is 11.9. The maximum absolute atomic E-state index is 7.47. The van der Waals surface area contributed by atoms with E-state index in [4.69, 9.17) is 65.7 Å². The molecule has 3 aromatic carbocycles. The third kappa shape index (κ3) is 13.0. The number of rotatable bonds is 30. The maximum Gasteiger partial charge on any atom is 0.500 e. The molecule has 10 atom stereocenters. The van der Waals surface area contributed by atoms with Crippen molar-refractivity contribution < 1.29 is 45.5 Å². The van der Waals surface area contributed by atoms with Crippen molar-refractivity contribution in [3.63, 3.8) is 0 Å². The van der Waals surface area contributed by atoms with Crippen LogP contribution in [0.3, 0.4) is 0 Å². The lowest BCUT2D eigenvalue weighted by Gasteiger charge is -2.52. The number of aromatic nitrogens is 4. The van der Waals surface area contributed by atoms with Crippen LogP contribution in [0.1, 0.15) is 74.7 Å². The Balaban J connectivity index is 0.908. The molecule has 3 aromatic heterocycles. The Bertz CT molecular complexity index is 2770. The Kier molecular flexibility index (Phi) is 20.3. The van der Waals surface area contributed by atoms with Gasteiger partial charge in [-0.2, -0.15) is 23.5 Å². The molecule has 6 aromatic rings. The number of fused-ring (bicyclic) bond motifs is 9. The molecule has 0 amide bonds. The molecule has 0 spiro atoms. The zero-order chi connectivity index (χ0) is 55.6. The number of ether oxygens (including phenoxy) is 4. The van der Waals surface area contributed by atoms with Crippen molar-refractivity contribution in [2.75, 3.05) is 106 Å². The highest BCUT2D eigenvalue weighted by Crippen LogP contribution is 2.48. The van der Waals surface area contributed by atoms with E-state index < -0.39 is 17.6 Å². The van der Waals surface area contributed by atoms with Crippen molar-refractivity contribution in [2.45, 2.75) is 87.7 Å². The van der Waals surface area contributed by atoms with Gasteiger partial charge in [-0.1, -0.05) is 12.1 Å². The van der Waals surface area contributed by atoms with Gasteiger partial charge in [0, 0.05) is 102 Å². The summed E-state index contributed by atoms with van der Waals surface area (Å²) in [5, 5.41) is 13.8. The van der Waals surface area contributed by atoms with Gasteiger partial charge in [-0.3, -0.25) is 19.8 Å². The maximum atomic E-state index is 7.47. The molecule has 0 saturated carbocycles. The van der Waals surface area contributed by atoms with E-state index in [0.717, 1.165) is 142 Å². The molecule has 6 saturated heterocycles. The predicted octanol–water partition coefficient (Wildman–Crippen LogP) is 11.2. The fourth-order valence-corrected chi connectivity index (χ4v) is 19.4. The Labute approximate surface area is 483 Å². The molecular weight excluding hydrogens is 1080 g/mol. The quantitative estimate of drug-likeness (QED) is 0.0310. The van der Waals surface area contributed by atoms with Crippen LogP contribution in [0.15, 0.2) is 85.2 Å². The smallest absolute Gasteiger partial charge is 0.497 e. The first kappa shape index (κ1) is 59.0. The Hall–Kier alpha value is -4.17. The second kappa shape index (κ2) is 27.5. The van der Waals surface area contributed by atoms with Crippen LogP contribution in [-0.4, -0.2) is 166 Å². The number of pyridine rings is 2. The normalized spacial score (nSPS) is 23.6. The molecular formula is C60H82N6O10S2Si2. The summed E-state index contributed by atoms with van der Waals surface area (Å²) in [6, 6.07) is 26.6. The van der Waals surface area contributed by atoms with Crippen molar-refractivity contribution in [1.82, 2.24) is 30.0 Å². The fraction of sp³-hybridized carbons (Fsp3) is 0.567. The minimum absolute atomic E-state index is 0.107. The summed E-state index contributed by atoms with van der Waals surface area (Å²) in [5.41, 5.74) is 3.92. The van der Waals surface area contributed by atoms with Crippen LogP contribution in [0, 0.1) is 23.7 Å². The third-order valence-electron chi connectivity index (χ3n) is 17.9. The average molecular weight is 1170 g/mol. The van der Waals surface area contributed by atoms with Crippen LogP contribution in [0.2, 0.25) is 12.1 Å². The second-order valence-corrected chi connectivity index (χ2v) is 30.4. The fourth-order valence-electron chi connectivity index (χ4n) is 13.4. The van der Waals surface area contributed by atoms with Crippen LogP contribution in [0.4, 0.5) is 0 Å². The summed E-state index contributed by atoms with van der Waals surface area (Å²) >= 11 is 4.06. The van der Waals surface area contributed by atoms with Gasteiger partial charge in [0.05, 0.1) is 48.1 Å². The highest BCUT2D eigenvalue weighted by atomic mass is 32.2. The van der Waals surface area contributed by atoms with Crippen molar-refractivity contribution >= 4 is 73.7 Å². The predicted molar refractivity (Wildman–Crippen MR) is 322 cm³/mol. The molecule has 80 heavy (non-hydrogen) atoms.